The monoisotopic (exact) mass is 199 g/mol. The first-order valence-electron chi connectivity index (χ1n) is 5.46. The Hall–Kier alpha value is -0.860. The van der Waals surface area contributed by atoms with E-state index in [1.54, 1.807) is 6.21 Å². The minimum absolute atomic E-state index is 0.357. The largest absolute Gasteiger partial charge is 0.331 e. The molecule has 0 amide bonds. The lowest BCUT2D eigenvalue weighted by Gasteiger charge is -1.97. The predicted molar refractivity (Wildman–Crippen MR) is 58.3 cm³/mol. The van der Waals surface area contributed by atoms with Crippen LogP contribution in [0.25, 0.3) is 0 Å². The number of nitrogens with zero attached hydrogens (tertiary/aromatic N) is 1. The molecule has 0 unspecified atom stereocenters. The van der Waals surface area contributed by atoms with Gasteiger partial charge in [0.15, 0.2) is 0 Å². The third-order valence-corrected chi connectivity index (χ3v) is 1.94. The third-order valence-electron chi connectivity index (χ3n) is 1.94. The van der Waals surface area contributed by atoms with Gasteiger partial charge >= 0.3 is 5.97 Å². The summed E-state index contributed by atoms with van der Waals surface area (Å²) in [4.78, 5) is 14.7. The molecule has 0 aliphatic heterocycles. The number of oxime groups is 1. The molecule has 0 N–H and O–H groups in total. The van der Waals surface area contributed by atoms with E-state index in [0.717, 1.165) is 12.8 Å². The maximum atomic E-state index is 10.3. The Morgan fingerprint density at radius 2 is 1.86 bits per heavy atom. The number of hydrogen-bond acceptors (Lipinski definition) is 3. The summed E-state index contributed by atoms with van der Waals surface area (Å²) in [5.41, 5.74) is 0. The first-order chi connectivity index (χ1) is 6.77. The van der Waals surface area contributed by atoms with Crippen LogP contribution in [0.15, 0.2) is 5.16 Å². The van der Waals surface area contributed by atoms with Gasteiger partial charge in [-0.15, -0.1) is 0 Å². The first-order valence-corrected chi connectivity index (χ1v) is 5.46. The van der Waals surface area contributed by atoms with Gasteiger partial charge in [-0.2, -0.15) is 0 Å². The van der Waals surface area contributed by atoms with Crippen molar-refractivity contribution in [3.63, 3.8) is 0 Å². The summed E-state index contributed by atoms with van der Waals surface area (Å²) in [6.45, 7) is 3.56. The molecule has 0 saturated heterocycles. The minimum Gasteiger partial charge on any atom is -0.319 e. The highest BCUT2D eigenvalue weighted by atomic mass is 16.7. The van der Waals surface area contributed by atoms with Crippen molar-refractivity contribution in [3.8, 4) is 0 Å². The molecular formula is C11H21NO2. The van der Waals surface area contributed by atoms with Crippen LogP contribution >= 0.6 is 0 Å². The lowest BCUT2D eigenvalue weighted by molar-refractivity contribution is -0.140. The summed E-state index contributed by atoms with van der Waals surface area (Å²) < 4.78 is 0. The maximum Gasteiger partial charge on any atom is 0.331 e. The zero-order valence-corrected chi connectivity index (χ0v) is 9.29. The van der Waals surface area contributed by atoms with Gasteiger partial charge in [0.05, 0.1) is 0 Å². The Labute approximate surface area is 86.5 Å². The fourth-order valence-electron chi connectivity index (χ4n) is 1.18. The molecule has 0 atom stereocenters. The van der Waals surface area contributed by atoms with Gasteiger partial charge in [0.25, 0.3) is 0 Å². The van der Waals surface area contributed by atoms with E-state index >= 15 is 0 Å². The first kappa shape index (κ1) is 13.1. The van der Waals surface area contributed by atoms with Crippen molar-refractivity contribution in [2.24, 2.45) is 5.16 Å². The molecule has 0 aromatic rings. The molecule has 0 spiro atoms. The molecule has 0 aromatic heterocycles. The lowest BCUT2D eigenvalue weighted by Crippen LogP contribution is -1.91. The van der Waals surface area contributed by atoms with Crippen molar-refractivity contribution >= 4 is 12.2 Å². The Morgan fingerprint density at radius 1 is 1.21 bits per heavy atom. The van der Waals surface area contributed by atoms with E-state index in [2.05, 4.69) is 16.9 Å². The van der Waals surface area contributed by atoms with Gasteiger partial charge in [0.2, 0.25) is 0 Å². The summed E-state index contributed by atoms with van der Waals surface area (Å²) in [7, 11) is 0. The Kier molecular flexibility index (Phi) is 9.59. The highest BCUT2D eigenvalue weighted by Crippen LogP contribution is 2.05. The van der Waals surface area contributed by atoms with Crippen LogP contribution in [0.5, 0.6) is 0 Å². The van der Waals surface area contributed by atoms with Crippen LogP contribution in [-0.4, -0.2) is 12.2 Å². The van der Waals surface area contributed by atoms with Crippen molar-refractivity contribution in [2.45, 2.75) is 58.8 Å². The highest BCUT2D eigenvalue weighted by molar-refractivity contribution is 5.67. The van der Waals surface area contributed by atoms with Crippen LogP contribution in [-0.2, 0) is 9.63 Å². The molecule has 0 aliphatic rings. The zero-order valence-electron chi connectivity index (χ0n) is 9.29. The molecule has 3 heteroatoms. The SMILES string of the molecule is CCCCCCCC/C=N/OC(C)=O. The van der Waals surface area contributed by atoms with Crippen molar-refractivity contribution in [3.05, 3.63) is 0 Å². The molecule has 0 aromatic carbocycles. The second-order valence-electron chi connectivity index (χ2n) is 3.43. The van der Waals surface area contributed by atoms with Gasteiger partial charge < -0.3 is 4.84 Å². The average Bonchev–Trinajstić information content (AvgIpc) is 2.15. The fourth-order valence-corrected chi connectivity index (χ4v) is 1.18. The van der Waals surface area contributed by atoms with E-state index < -0.39 is 0 Å². The summed E-state index contributed by atoms with van der Waals surface area (Å²) >= 11 is 0. The molecule has 0 rings (SSSR count). The number of rotatable bonds is 8. The predicted octanol–water partition coefficient (Wildman–Crippen LogP) is 3.29. The molecule has 0 radical (unpaired) electrons. The molecule has 3 nitrogen and oxygen atoms in total. The zero-order chi connectivity index (χ0) is 10.6. The molecule has 82 valence electrons. The van der Waals surface area contributed by atoms with E-state index in [-0.39, 0.29) is 5.97 Å². The van der Waals surface area contributed by atoms with E-state index in [4.69, 9.17) is 0 Å². The lowest BCUT2D eigenvalue weighted by atomic mass is 10.1. The standard InChI is InChI=1S/C11H21NO2/c1-3-4-5-6-7-8-9-10-12-14-11(2)13/h10H,3-9H2,1-2H3/b12-10+. The van der Waals surface area contributed by atoms with Crippen LogP contribution in [0.3, 0.4) is 0 Å². The molecule has 14 heavy (non-hydrogen) atoms. The molecule has 0 fully saturated rings. The number of carbonyl (C=O) groups excluding carboxylic acids is 1. The van der Waals surface area contributed by atoms with Gasteiger partial charge in [0, 0.05) is 13.1 Å². The molecule has 0 aliphatic carbocycles. The van der Waals surface area contributed by atoms with Crippen LogP contribution < -0.4 is 0 Å². The molecule has 0 heterocycles. The smallest absolute Gasteiger partial charge is 0.319 e. The van der Waals surface area contributed by atoms with E-state index in [9.17, 15) is 4.79 Å². The second-order valence-corrected chi connectivity index (χ2v) is 3.43. The van der Waals surface area contributed by atoms with E-state index in [1.165, 1.54) is 39.0 Å². The molecule has 0 bridgehead atoms. The number of hydrogen-bond donors (Lipinski definition) is 0. The molecular weight excluding hydrogens is 178 g/mol. The Bertz CT molecular complexity index is 167. The number of unbranched alkanes of at least 4 members (excludes halogenated alkanes) is 6. The van der Waals surface area contributed by atoms with Gasteiger partial charge in [-0.3, -0.25) is 0 Å². The summed E-state index contributed by atoms with van der Waals surface area (Å²) in [5, 5.41) is 3.53. The Balaban J connectivity index is 3.05. The Morgan fingerprint density at radius 3 is 2.50 bits per heavy atom. The van der Waals surface area contributed by atoms with Crippen molar-refractivity contribution in [1.29, 1.82) is 0 Å². The fraction of sp³-hybridized carbons (Fsp3) is 0.818. The second kappa shape index (κ2) is 10.2. The highest BCUT2D eigenvalue weighted by Gasteiger charge is 1.89. The van der Waals surface area contributed by atoms with Crippen LogP contribution in [0.4, 0.5) is 0 Å². The average molecular weight is 199 g/mol. The summed E-state index contributed by atoms with van der Waals surface area (Å²) in [6.07, 6.45) is 10.2. The summed E-state index contributed by atoms with van der Waals surface area (Å²) in [5.74, 6) is -0.357. The normalized spacial score (nSPS) is 10.7. The van der Waals surface area contributed by atoms with Gasteiger partial charge in [-0.05, 0) is 12.8 Å². The molecule has 0 saturated carbocycles. The van der Waals surface area contributed by atoms with Gasteiger partial charge in [0.1, 0.15) is 0 Å². The van der Waals surface area contributed by atoms with Crippen molar-refractivity contribution in [1.82, 2.24) is 0 Å². The van der Waals surface area contributed by atoms with Crippen molar-refractivity contribution < 1.29 is 9.63 Å². The van der Waals surface area contributed by atoms with Gasteiger partial charge in [-0.1, -0.05) is 44.2 Å². The van der Waals surface area contributed by atoms with Crippen LogP contribution in [0.1, 0.15) is 58.8 Å². The quantitative estimate of drug-likeness (QED) is 0.260. The van der Waals surface area contributed by atoms with Gasteiger partial charge in [-0.25, -0.2) is 4.79 Å². The summed E-state index contributed by atoms with van der Waals surface area (Å²) in [6, 6.07) is 0. The maximum absolute atomic E-state index is 10.3. The number of carbonyl (C=O) groups is 1. The van der Waals surface area contributed by atoms with E-state index in [1.807, 2.05) is 0 Å². The minimum atomic E-state index is -0.357. The third kappa shape index (κ3) is 11.1. The topological polar surface area (TPSA) is 38.7 Å². The van der Waals surface area contributed by atoms with E-state index in [0.29, 0.717) is 0 Å². The van der Waals surface area contributed by atoms with Crippen LogP contribution in [0, 0.1) is 0 Å². The van der Waals surface area contributed by atoms with Crippen LogP contribution in [0.2, 0.25) is 0 Å². The van der Waals surface area contributed by atoms with Crippen molar-refractivity contribution in [2.75, 3.05) is 0 Å².